The summed E-state index contributed by atoms with van der Waals surface area (Å²) in [6.07, 6.45) is 0. The first-order chi connectivity index (χ1) is 6.47. The Morgan fingerprint density at radius 2 is 1.64 bits per heavy atom. The summed E-state index contributed by atoms with van der Waals surface area (Å²) >= 11 is 5.93. The third kappa shape index (κ3) is 2.51. The van der Waals surface area contributed by atoms with Crippen LogP contribution in [0.5, 0.6) is 0 Å². The van der Waals surface area contributed by atoms with Crippen molar-refractivity contribution in [3.8, 4) is 0 Å². The average Bonchev–Trinajstić information content (AvgIpc) is 2.18. The lowest BCUT2D eigenvalue weighted by Gasteiger charge is -2.22. The first kappa shape index (κ1) is 11.6. The Morgan fingerprint density at radius 3 is 2.00 bits per heavy atom. The van der Waals surface area contributed by atoms with Gasteiger partial charge in [-0.05, 0) is 17.0 Å². The lowest BCUT2D eigenvalue weighted by Crippen LogP contribution is -2.18. The fraction of sp³-hybridized carbons (Fsp3) is 0.538. The number of hydrogen-bond acceptors (Lipinski definition) is 0. The highest BCUT2D eigenvalue weighted by molar-refractivity contribution is 6.18. The summed E-state index contributed by atoms with van der Waals surface area (Å²) in [4.78, 5) is 0. The van der Waals surface area contributed by atoms with Crippen molar-refractivity contribution in [2.24, 2.45) is 0 Å². The number of alkyl halides is 1. The second-order valence-electron chi connectivity index (χ2n) is 4.79. The van der Waals surface area contributed by atoms with E-state index in [2.05, 4.69) is 52.0 Å². The second kappa shape index (κ2) is 4.35. The summed E-state index contributed by atoms with van der Waals surface area (Å²) in [7, 11) is 0. The van der Waals surface area contributed by atoms with Crippen LogP contribution < -0.4 is 0 Å². The minimum Gasteiger partial charge on any atom is -0.126 e. The number of rotatable bonds is 3. The van der Waals surface area contributed by atoms with Gasteiger partial charge in [0, 0.05) is 11.3 Å². The van der Waals surface area contributed by atoms with Gasteiger partial charge in [0.25, 0.3) is 0 Å². The molecule has 0 nitrogen and oxygen atoms in total. The molecule has 0 aliphatic carbocycles. The smallest absolute Gasteiger partial charge is 0.0315 e. The molecule has 0 aliphatic rings. The summed E-state index contributed by atoms with van der Waals surface area (Å²) in [6.45, 7) is 8.76. The molecule has 1 aromatic rings. The second-order valence-corrected chi connectivity index (χ2v) is 5.06. The molecule has 0 fully saturated rings. The Labute approximate surface area is 92.3 Å². The van der Waals surface area contributed by atoms with Crippen molar-refractivity contribution in [2.45, 2.75) is 39.0 Å². The van der Waals surface area contributed by atoms with Crippen molar-refractivity contribution in [3.63, 3.8) is 0 Å². The molecular weight excluding hydrogens is 192 g/mol. The van der Waals surface area contributed by atoms with Crippen LogP contribution in [0.15, 0.2) is 24.3 Å². The zero-order valence-corrected chi connectivity index (χ0v) is 10.2. The van der Waals surface area contributed by atoms with Crippen molar-refractivity contribution >= 4 is 11.6 Å². The molecule has 0 amide bonds. The molecule has 0 bridgehead atoms. The third-order valence-corrected chi connectivity index (χ3v) is 3.36. The standard InChI is InChI=1S/C13H19Cl/c1-10(2)11-5-7-12(8-6-11)13(3,4)9-14/h5-8,10H,9H2,1-4H3. The average molecular weight is 211 g/mol. The Morgan fingerprint density at radius 1 is 1.14 bits per heavy atom. The lowest BCUT2D eigenvalue weighted by molar-refractivity contribution is 0.597. The van der Waals surface area contributed by atoms with E-state index in [0.717, 1.165) is 0 Å². The molecule has 0 N–H and O–H groups in total. The first-order valence-electron chi connectivity index (χ1n) is 5.14. The van der Waals surface area contributed by atoms with Gasteiger partial charge < -0.3 is 0 Å². The van der Waals surface area contributed by atoms with Gasteiger partial charge in [0.1, 0.15) is 0 Å². The van der Waals surface area contributed by atoms with E-state index < -0.39 is 0 Å². The van der Waals surface area contributed by atoms with E-state index in [1.807, 2.05) is 0 Å². The molecule has 14 heavy (non-hydrogen) atoms. The summed E-state index contributed by atoms with van der Waals surface area (Å²) in [5.41, 5.74) is 2.79. The largest absolute Gasteiger partial charge is 0.126 e. The van der Waals surface area contributed by atoms with Crippen LogP contribution in [0.4, 0.5) is 0 Å². The predicted molar refractivity (Wildman–Crippen MR) is 64.3 cm³/mol. The van der Waals surface area contributed by atoms with Gasteiger partial charge in [0.15, 0.2) is 0 Å². The molecule has 0 saturated heterocycles. The maximum absolute atomic E-state index is 5.93. The van der Waals surface area contributed by atoms with Crippen molar-refractivity contribution in [3.05, 3.63) is 35.4 Å². The summed E-state index contributed by atoms with van der Waals surface area (Å²) in [5.74, 6) is 1.26. The van der Waals surface area contributed by atoms with Gasteiger partial charge in [-0.15, -0.1) is 11.6 Å². The molecule has 1 rings (SSSR count). The van der Waals surface area contributed by atoms with Crippen LogP contribution in [0.3, 0.4) is 0 Å². The Balaban J connectivity index is 2.94. The quantitative estimate of drug-likeness (QED) is 0.652. The Kier molecular flexibility index (Phi) is 3.60. The van der Waals surface area contributed by atoms with Gasteiger partial charge in [0.05, 0.1) is 0 Å². The number of benzene rings is 1. The third-order valence-electron chi connectivity index (χ3n) is 2.69. The monoisotopic (exact) mass is 210 g/mol. The van der Waals surface area contributed by atoms with Crippen LogP contribution in [-0.2, 0) is 5.41 Å². The molecule has 0 spiro atoms. The molecule has 0 aliphatic heterocycles. The Bertz CT molecular complexity index is 283. The fourth-order valence-electron chi connectivity index (χ4n) is 1.40. The van der Waals surface area contributed by atoms with E-state index in [9.17, 15) is 0 Å². The highest BCUT2D eigenvalue weighted by Gasteiger charge is 2.18. The van der Waals surface area contributed by atoms with Crippen LogP contribution in [0.1, 0.15) is 44.7 Å². The summed E-state index contributed by atoms with van der Waals surface area (Å²) in [6, 6.07) is 8.79. The van der Waals surface area contributed by atoms with Gasteiger partial charge in [-0.1, -0.05) is 52.0 Å². The lowest BCUT2D eigenvalue weighted by atomic mass is 9.85. The van der Waals surface area contributed by atoms with Gasteiger partial charge in [-0.2, -0.15) is 0 Å². The highest BCUT2D eigenvalue weighted by atomic mass is 35.5. The van der Waals surface area contributed by atoms with Gasteiger partial charge in [0.2, 0.25) is 0 Å². The van der Waals surface area contributed by atoms with Crippen LogP contribution >= 0.6 is 11.6 Å². The van der Waals surface area contributed by atoms with Crippen LogP contribution in [0.25, 0.3) is 0 Å². The molecule has 0 saturated carbocycles. The minimum absolute atomic E-state index is 0.0804. The normalized spacial score (nSPS) is 12.1. The van der Waals surface area contributed by atoms with Crippen LogP contribution in [0, 0.1) is 0 Å². The minimum atomic E-state index is 0.0804. The van der Waals surface area contributed by atoms with Gasteiger partial charge >= 0.3 is 0 Å². The molecule has 1 aromatic carbocycles. The number of hydrogen-bond donors (Lipinski definition) is 0. The highest BCUT2D eigenvalue weighted by Crippen LogP contribution is 2.26. The molecular formula is C13H19Cl. The van der Waals surface area contributed by atoms with Crippen LogP contribution in [0.2, 0.25) is 0 Å². The maximum atomic E-state index is 5.93. The summed E-state index contributed by atoms with van der Waals surface area (Å²) in [5, 5.41) is 0. The van der Waals surface area contributed by atoms with E-state index in [1.165, 1.54) is 11.1 Å². The topological polar surface area (TPSA) is 0 Å². The molecule has 1 heteroatoms. The molecule has 0 atom stereocenters. The Hall–Kier alpha value is -0.490. The van der Waals surface area contributed by atoms with E-state index in [1.54, 1.807) is 0 Å². The van der Waals surface area contributed by atoms with Crippen molar-refractivity contribution in [1.82, 2.24) is 0 Å². The van der Waals surface area contributed by atoms with Gasteiger partial charge in [-0.3, -0.25) is 0 Å². The SMILES string of the molecule is CC(C)c1ccc(C(C)(C)CCl)cc1. The van der Waals surface area contributed by atoms with E-state index >= 15 is 0 Å². The fourth-order valence-corrected chi connectivity index (χ4v) is 1.55. The maximum Gasteiger partial charge on any atom is 0.0315 e. The zero-order valence-electron chi connectivity index (χ0n) is 9.47. The molecule has 78 valence electrons. The van der Waals surface area contributed by atoms with Gasteiger partial charge in [-0.25, -0.2) is 0 Å². The molecule has 0 aromatic heterocycles. The summed E-state index contributed by atoms with van der Waals surface area (Å²) < 4.78 is 0. The van der Waals surface area contributed by atoms with Crippen molar-refractivity contribution in [1.29, 1.82) is 0 Å². The predicted octanol–water partition coefficient (Wildman–Crippen LogP) is 4.33. The van der Waals surface area contributed by atoms with Crippen molar-refractivity contribution in [2.75, 3.05) is 5.88 Å². The molecule has 0 radical (unpaired) electrons. The van der Waals surface area contributed by atoms with E-state index in [-0.39, 0.29) is 5.41 Å². The van der Waals surface area contributed by atoms with E-state index in [4.69, 9.17) is 11.6 Å². The zero-order chi connectivity index (χ0) is 10.8. The van der Waals surface area contributed by atoms with Crippen LogP contribution in [-0.4, -0.2) is 5.88 Å². The van der Waals surface area contributed by atoms with Crippen molar-refractivity contribution < 1.29 is 0 Å². The number of halogens is 1. The molecule has 0 heterocycles. The first-order valence-corrected chi connectivity index (χ1v) is 5.67. The molecule has 0 unspecified atom stereocenters. The van der Waals surface area contributed by atoms with E-state index in [0.29, 0.717) is 11.8 Å².